The highest BCUT2D eigenvalue weighted by Crippen LogP contribution is 2.64. The number of hydrogen-bond donors (Lipinski definition) is 0. The third kappa shape index (κ3) is 2.55. The molecule has 0 saturated carbocycles. The van der Waals surface area contributed by atoms with Crippen LogP contribution in [0.3, 0.4) is 0 Å². The van der Waals surface area contributed by atoms with Crippen molar-refractivity contribution in [3.05, 3.63) is 40.9 Å². The van der Waals surface area contributed by atoms with Gasteiger partial charge < -0.3 is 0 Å². The Labute approximate surface area is 156 Å². The summed E-state index contributed by atoms with van der Waals surface area (Å²) in [4.78, 5) is 0. The van der Waals surface area contributed by atoms with E-state index in [1.165, 1.54) is 0 Å². The molecule has 8 heteroatoms. The van der Waals surface area contributed by atoms with Crippen LogP contribution in [0.4, 0.5) is 0 Å². The molecule has 2 rings (SSSR count). The standard InChI is InChI=1S/C12H6Cl8/c13-8-7(6-4-2-1-3-5-6)11(17,18)12(19,20)9(14)10(8,15)16/h1-5,9H. The first-order chi connectivity index (χ1) is 9.04. The van der Waals surface area contributed by atoms with Gasteiger partial charge in [0.2, 0.25) is 0 Å². The lowest BCUT2D eigenvalue weighted by molar-refractivity contribution is 0.644. The topological polar surface area (TPSA) is 0 Å². The predicted octanol–water partition coefficient (Wildman–Crippen LogP) is 6.78. The van der Waals surface area contributed by atoms with Crippen LogP contribution in [0.25, 0.3) is 5.57 Å². The molecule has 1 aromatic rings. The largest absolute Gasteiger partial charge is 0.179 e. The Bertz CT molecular complexity index is 546. The predicted molar refractivity (Wildman–Crippen MR) is 92.2 cm³/mol. The Balaban J connectivity index is 2.78. The second-order valence-corrected chi connectivity index (χ2v) is 9.15. The Morgan fingerprint density at radius 2 is 1.35 bits per heavy atom. The van der Waals surface area contributed by atoms with E-state index in [4.69, 9.17) is 92.8 Å². The molecule has 0 bridgehead atoms. The van der Waals surface area contributed by atoms with E-state index in [1.807, 2.05) is 6.07 Å². The summed E-state index contributed by atoms with van der Waals surface area (Å²) >= 11 is 49.9. The van der Waals surface area contributed by atoms with E-state index in [2.05, 4.69) is 0 Å². The molecule has 0 aromatic heterocycles. The van der Waals surface area contributed by atoms with Crippen molar-refractivity contribution in [1.82, 2.24) is 0 Å². The molecule has 1 atom stereocenters. The van der Waals surface area contributed by atoms with Crippen LogP contribution in [-0.2, 0) is 0 Å². The van der Waals surface area contributed by atoms with Crippen LogP contribution in [0, 0.1) is 0 Å². The Morgan fingerprint density at radius 3 is 1.85 bits per heavy atom. The van der Waals surface area contributed by atoms with Gasteiger partial charge in [-0.1, -0.05) is 112 Å². The molecular weight excluding hydrogens is 428 g/mol. The average Bonchev–Trinajstić information content (AvgIpc) is 2.37. The SMILES string of the molecule is ClC1=C(c2ccccc2)C(Cl)(Cl)C(Cl)(Cl)C(Cl)C1(Cl)Cl. The van der Waals surface area contributed by atoms with Crippen molar-refractivity contribution in [2.75, 3.05) is 0 Å². The van der Waals surface area contributed by atoms with Gasteiger partial charge in [-0.05, 0) is 5.56 Å². The number of halogens is 8. The van der Waals surface area contributed by atoms with Crippen LogP contribution in [0.5, 0.6) is 0 Å². The molecule has 1 unspecified atom stereocenters. The third-order valence-corrected chi connectivity index (χ3v) is 7.90. The van der Waals surface area contributed by atoms with Crippen molar-refractivity contribution < 1.29 is 0 Å². The Morgan fingerprint density at radius 1 is 0.850 bits per heavy atom. The monoisotopic (exact) mass is 430 g/mol. The summed E-state index contributed by atoms with van der Waals surface area (Å²) in [6.07, 6.45) is 0. The molecule has 1 aliphatic carbocycles. The van der Waals surface area contributed by atoms with Gasteiger partial charge in [0.25, 0.3) is 0 Å². The molecular formula is C12H6Cl8. The smallest absolute Gasteiger partial charge is 0.116 e. The van der Waals surface area contributed by atoms with Crippen LogP contribution in [0.2, 0.25) is 0 Å². The summed E-state index contributed by atoms with van der Waals surface area (Å²) < 4.78 is -5.34. The van der Waals surface area contributed by atoms with Gasteiger partial charge in [0.15, 0.2) is 13.0 Å². The lowest BCUT2D eigenvalue weighted by atomic mass is 9.90. The van der Waals surface area contributed by atoms with Crippen LogP contribution in [0.1, 0.15) is 5.56 Å². The molecule has 0 aliphatic heterocycles. The Hall–Kier alpha value is 1.28. The van der Waals surface area contributed by atoms with E-state index >= 15 is 0 Å². The summed E-state index contributed by atoms with van der Waals surface area (Å²) in [5.41, 5.74) is 0.831. The minimum atomic E-state index is -1.84. The first-order valence-corrected chi connectivity index (χ1v) is 8.36. The van der Waals surface area contributed by atoms with Gasteiger partial charge in [0, 0.05) is 5.57 Å². The van der Waals surface area contributed by atoms with Gasteiger partial charge in [-0.25, -0.2) is 0 Å². The first-order valence-electron chi connectivity index (χ1n) is 5.28. The zero-order valence-electron chi connectivity index (χ0n) is 9.49. The van der Waals surface area contributed by atoms with E-state index in [0.29, 0.717) is 5.56 Å². The minimum Gasteiger partial charge on any atom is -0.116 e. The summed E-state index contributed by atoms with van der Waals surface area (Å²) in [6, 6.07) is 8.84. The van der Waals surface area contributed by atoms with Gasteiger partial charge in [0.1, 0.15) is 5.38 Å². The van der Waals surface area contributed by atoms with Crippen molar-refractivity contribution in [2.45, 2.75) is 18.4 Å². The molecule has 0 radical (unpaired) electrons. The van der Waals surface area contributed by atoms with Gasteiger partial charge >= 0.3 is 0 Å². The van der Waals surface area contributed by atoms with E-state index in [1.54, 1.807) is 24.3 Å². The zero-order valence-corrected chi connectivity index (χ0v) is 15.5. The number of hydrogen-bond acceptors (Lipinski definition) is 0. The summed E-state index contributed by atoms with van der Waals surface area (Å²) in [5.74, 6) is 0. The fourth-order valence-corrected chi connectivity index (χ4v) is 4.66. The fraction of sp³-hybridized carbons (Fsp3) is 0.333. The number of alkyl halides is 7. The highest BCUT2D eigenvalue weighted by atomic mass is 35.5. The molecule has 20 heavy (non-hydrogen) atoms. The number of benzene rings is 1. The van der Waals surface area contributed by atoms with Gasteiger partial charge in [-0.15, -0.1) is 11.6 Å². The van der Waals surface area contributed by atoms with Gasteiger partial charge in [0.05, 0.1) is 5.03 Å². The van der Waals surface area contributed by atoms with Crippen molar-refractivity contribution in [3.8, 4) is 0 Å². The molecule has 110 valence electrons. The highest BCUT2D eigenvalue weighted by molar-refractivity contribution is 6.72. The summed E-state index contributed by atoms with van der Waals surface area (Å²) in [6.45, 7) is 0. The molecule has 0 heterocycles. The van der Waals surface area contributed by atoms with E-state index < -0.39 is 18.4 Å². The summed E-state index contributed by atoms with van der Waals surface area (Å²) in [5, 5.41) is -1.22. The third-order valence-electron chi connectivity index (χ3n) is 2.94. The van der Waals surface area contributed by atoms with E-state index in [9.17, 15) is 0 Å². The lowest BCUT2D eigenvalue weighted by Crippen LogP contribution is -2.56. The molecule has 0 saturated heterocycles. The Kier molecular flexibility index (Phi) is 5.05. The maximum Gasteiger partial charge on any atom is 0.179 e. The molecule has 0 spiro atoms. The van der Waals surface area contributed by atoms with Gasteiger partial charge in [-0.3, -0.25) is 0 Å². The highest BCUT2D eigenvalue weighted by Gasteiger charge is 2.66. The molecule has 1 aliphatic rings. The number of allylic oxidation sites excluding steroid dienone is 2. The van der Waals surface area contributed by atoms with Crippen LogP contribution in [0.15, 0.2) is 35.4 Å². The van der Waals surface area contributed by atoms with E-state index in [0.717, 1.165) is 0 Å². The molecule has 0 nitrogen and oxygen atoms in total. The normalized spacial score (nSPS) is 27.5. The van der Waals surface area contributed by atoms with Crippen molar-refractivity contribution >= 4 is 98.4 Å². The minimum absolute atomic E-state index is 0.00559. The molecule has 0 amide bonds. The summed E-state index contributed by atoms with van der Waals surface area (Å²) in [7, 11) is 0. The van der Waals surface area contributed by atoms with Crippen LogP contribution >= 0.6 is 92.8 Å². The maximum atomic E-state index is 6.34. The lowest BCUT2D eigenvalue weighted by Gasteiger charge is -2.47. The number of rotatable bonds is 1. The molecule has 0 N–H and O–H groups in total. The molecule has 1 aromatic carbocycles. The van der Waals surface area contributed by atoms with Crippen LogP contribution in [-0.4, -0.2) is 18.4 Å². The quantitative estimate of drug-likeness (QED) is 0.428. The molecule has 0 fully saturated rings. The van der Waals surface area contributed by atoms with Gasteiger partial charge in [-0.2, -0.15) is 0 Å². The van der Waals surface area contributed by atoms with Crippen molar-refractivity contribution in [3.63, 3.8) is 0 Å². The zero-order chi connectivity index (χ0) is 15.3. The second kappa shape index (κ2) is 5.73. The maximum absolute atomic E-state index is 6.34. The average molecular weight is 434 g/mol. The van der Waals surface area contributed by atoms with Crippen molar-refractivity contribution in [1.29, 1.82) is 0 Å². The fourth-order valence-electron chi connectivity index (χ4n) is 1.88. The van der Waals surface area contributed by atoms with Crippen LogP contribution < -0.4 is 0 Å². The first kappa shape index (κ1) is 17.6. The van der Waals surface area contributed by atoms with Crippen molar-refractivity contribution in [2.24, 2.45) is 0 Å². The second-order valence-electron chi connectivity index (χ2n) is 4.24. The van der Waals surface area contributed by atoms with E-state index in [-0.39, 0.29) is 10.6 Å².